The molecule has 3 aromatic heterocycles. The fourth-order valence-corrected chi connectivity index (χ4v) is 4.49. The maximum absolute atomic E-state index is 12.9. The van der Waals surface area contributed by atoms with Gasteiger partial charge in [0.15, 0.2) is 0 Å². The van der Waals surface area contributed by atoms with E-state index in [2.05, 4.69) is 37.9 Å². The Morgan fingerprint density at radius 2 is 1.91 bits per heavy atom. The summed E-state index contributed by atoms with van der Waals surface area (Å²) in [6, 6.07) is 9.82. The van der Waals surface area contributed by atoms with Crippen LogP contribution in [0.25, 0.3) is 22.3 Å². The molecule has 0 spiro atoms. The van der Waals surface area contributed by atoms with Crippen LogP contribution >= 0.6 is 11.6 Å². The third kappa shape index (κ3) is 4.43. The van der Waals surface area contributed by atoms with E-state index in [-0.39, 0.29) is 11.8 Å². The standard InChI is InChI=1S/C24H26ClN7O/c1-16(17-3-5-19(25)6-4-17)11-22(33)31-7-9-32(10-8-31)24-20-12-21(18-13-28-30(2)14-18)29-23(20)26-15-27-24/h3-6,12-16H,7-11H2,1-2H3,(H,26,27,29)/t16-/m1/s1. The molecule has 8 nitrogen and oxygen atoms in total. The number of rotatable bonds is 5. The van der Waals surface area contributed by atoms with E-state index in [4.69, 9.17) is 11.6 Å². The van der Waals surface area contributed by atoms with E-state index < -0.39 is 0 Å². The van der Waals surface area contributed by atoms with Gasteiger partial charge in [-0.3, -0.25) is 9.48 Å². The predicted molar refractivity (Wildman–Crippen MR) is 129 cm³/mol. The molecule has 0 unspecified atom stereocenters. The highest BCUT2D eigenvalue weighted by Crippen LogP contribution is 2.29. The largest absolute Gasteiger partial charge is 0.352 e. The number of carbonyl (C=O) groups is 1. The summed E-state index contributed by atoms with van der Waals surface area (Å²) in [5.74, 6) is 1.23. The fourth-order valence-electron chi connectivity index (χ4n) is 4.36. The van der Waals surface area contributed by atoms with Crippen molar-refractivity contribution in [3.05, 3.63) is 59.6 Å². The minimum atomic E-state index is 0.153. The average molecular weight is 464 g/mol. The number of hydrogen-bond acceptors (Lipinski definition) is 5. The molecule has 1 atom stereocenters. The second-order valence-electron chi connectivity index (χ2n) is 8.57. The number of fused-ring (bicyclic) bond motifs is 1. The quantitative estimate of drug-likeness (QED) is 0.486. The highest BCUT2D eigenvalue weighted by atomic mass is 35.5. The molecule has 4 aromatic rings. The third-order valence-corrected chi connectivity index (χ3v) is 6.52. The Morgan fingerprint density at radius 3 is 2.61 bits per heavy atom. The van der Waals surface area contributed by atoms with Gasteiger partial charge in [0.25, 0.3) is 0 Å². The number of aromatic nitrogens is 5. The van der Waals surface area contributed by atoms with Crippen LogP contribution in [0.3, 0.4) is 0 Å². The van der Waals surface area contributed by atoms with Gasteiger partial charge in [-0.15, -0.1) is 0 Å². The number of aryl methyl sites for hydroxylation is 1. The van der Waals surface area contributed by atoms with Gasteiger partial charge in [-0.25, -0.2) is 9.97 Å². The number of halogens is 1. The summed E-state index contributed by atoms with van der Waals surface area (Å²) < 4.78 is 1.78. The first kappa shape index (κ1) is 21.5. The van der Waals surface area contributed by atoms with Crippen LogP contribution in [0.2, 0.25) is 5.02 Å². The minimum absolute atomic E-state index is 0.153. The molecule has 1 aromatic carbocycles. The number of H-pyrrole nitrogens is 1. The molecule has 0 radical (unpaired) electrons. The van der Waals surface area contributed by atoms with Crippen molar-refractivity contribution in [1.29, 1.82) is 0 Å². The molecular weight excluding hydrogens is 438 g/mol. The van der Waals surface area contributed by atoms with Gasteiger partial charge in [-0.05, 0) is 29.7 Å². The van der Waals surface area contributed by atoms with Crippen LogP contribution < -0.4 is 4.90 Å². The zero-order valence-electron chi connectivity index (χ0n) is 18.7. The molecule has 1 N–H and O–H groups in total. The van der Waals surface area contributed by atoms with Gasteiger partial charge in [-0.1, -0.05) is 30.7 Å². The number of aromatic amines is 1. The molecule has 0 aliphatic carbocycles. The van der Waals surface area contributed by atoms with Crippen molar-refractivity contribution < 1.29 is 4.79 Å². The van der Waals surface area contributed by atoms with E-state index >= 15 is 0 Å². The molecule has 1 saturated heterocycles. The lowest BCUT2D eigenvalue weighted by Crippen LogP contribution is -2.49. The Hall–Kier alpha value is -3.39. The van der Waals surface area contributed by atoms with Crippen LogP contribution in [0.15, 0.2) is 49.1 Å². The molecule has 5 rings (SSSR count). The predicted octanol–water partition coefficient (Wildman–Crippen LogP) is 3.85. The van der Waals surface area contributed by atoms with E-state index in [1.807, 2.05) is 48.6 Å². The van der Waals surface area contributed by atoms with Gasteiger partial charge in [0.1, 0.15) is 17.8 Å². The number of nitrogens with one attached hydrogen (secondary N) is 1. The molecule has 33 heavy (non-hydrogen) atoms. The van der Waals surface area contributed by atoms with Crippen molar-refractivity contribution in [3.8, 4) is 11.3 Å². The summed E-state index contributed by atoms with van der Waals surface area (Å²) in [5.41, 5.74) is 3.90. The zero-order chi connectivity index (χ0) is 22.9. The number of hydrogen-bond donors (Lipinski definition) is 1. The van der Waals surface area contributed by atoms with Crippen LogP contribution in [0.5, 0.6) is 0 Å². The average Bonchev–Trinajstić information content (AvgIpc) is 3.45. The second-order valence-corrected chi connectivity index (χ2v) is 9.01. The first-order valence-corrected chi connectivity index (χ1v) is 11.5. The molecule has 0 saturated carbocycles. The Labute approximate surface area is 197 Å². The highest BCUT2D eigenvalue weighted by molar-refractivity contribution is 6.30. The van der Waals surface area contributed by atoms with E-state index in [1.54, 1.807) is 11.0 Å². The monoisotopic (exact) mass is 463 g/mol. The number of carbonyl (C=O) groups excluding carboxylic acids is 1. The number of anilines is 1. The number of piperazine rings is 1. The molecule has 1 aliphatic rings. The van der Waals surface area contributed by atoms with E-state index in [0.29, 0.717) is 24.5 Å². The van der Waals surface area contributed by atoms with E-state index in [9.17, 15) is 4.79 Å². The van der Waals surface area contributed by atoms with Crippen molar-refractivity contribution in [2.45, 2.75) is 19.3 Å². The normalized spacial score (nSPS) is 15.2. The van der Waals surface area contributed by atoms with Crippen LogP contribution in [-0.2, 0) is 11.8 Å². The topological polar surface area (TPSA) is 82.9 Å². The first-order valence-electron chi connectivity index (χ1n) is 11.1. The number of benzene rings is 1. The number of nitrogens with zero attached hydrogens (tertiary/aromatic N) is 6. The maximum atomic E-state index is 12.9. The second kappa shape index (κ2) is 8.86. The van der Waals surface area contributed by atoms with Gasteiger partial charge in [0.2, 0.25) is 5.91 Å². The third-order valence-electron chi connectivity index (χ3n) is 6.27. The fraction of sp³-hybridized carbons (Fsp3) is 0.333. The van der Waals surface area contributed by atoms with Gasteiger partial charge >= 0.3 is 0 Å². The summed E-state index contributed by atoms with van der Waals surface area (Å²) >= 11 is 5.98. The van der Waals surface area contributed by atoms with Crippen LogP contribution in [0, 0.1) is 0 Å². The van der Waals surface area contributed by atoms with Gasteiger partial charge < -0.3 is 14.8 Å². The highest BCUT2D eigenvalue weighted by Gasteiger charge is 2.25. The van der Waals surface area contributed by atoms with Crippen molar-refractivity contribution in [2.75, 3.05) is 31.1 Å². The molecule has 1 aliphatic heterocycles. The first-order chi connectivity index (χ1) is 16.0. The van der Waals surface area contributed by atoms with Crippen molar-refractivity contribution >= 4 is 34.4 Å². The van der Waals surface area contributed by atoms with Crippen molar-refractivity contribution in [3.63, 3.8) is 0 Å². The van der Waals surface area contributed by atoms with Crippen molar-refractivity contribution in [2.24, 2.45) is 7.05 Å². The molecule has 0 bridgehead atoms. The summed E-state index contributed by atoms with van der Waals surface area (Å²) in [4.78, 5) is 29.4. The smallest absolute Gasteiger partial charge is 0.223 e. The Balaban J connectivity index is 1.25. The zero-order valence-corrected chi connectivity index (χ0v) is 19.5. The van der Waals surface area contributed by atoms with Crippen LogP contribution in [-0.4, -0.2) is 61.7 Å². The Bertz CT molecular complexity index is 1270. The van der Waals surface area contributed by atoms with Crippen molar-refractivity contribution in [1.82, 2.24) is 29.6 Å². The SMILES string of the molecule is C[C@H](CC(=O)N1CCN(c2ncnc3[nH]c(-c4cnn(C)c4)cc23)CC1)c1ccc(Cl)cc1. The van der Waals surface area contributed by atoms with Gasteiger partial charge in [-0.2, -0.15) is 5.10 Å². The molecule has 1 amide bonds. The van der Waals surface area contributed by atoms with Crippen LogP contribution in [0.1, 0.15) is 24.8 Å². The van der Waals surface area contributed by atoms with Crippen LogP contribution in [0.4, 0.5) is 5.82 Å². The Morgan fingerprint density at radius 1 is 1.15 bits per heavy atom. The molecule has 9 heteroatoms. The summed E-state index contributed by atoms with van der Waals surface area (Å²) in [5, 5.41) is 5.94. The summed E-state index contributed by atoms with van der Waals surface area (Å²) in [6.07, 6.45) is 5.87. The lowest BCUT2D eigenvalue weighted by molar-refractivity contribution is -0.131. The van der Waals surface area contributed by atoms with Gasteiger partial charge in [0.05, 0.1) is 17.3 Å². The number of amides is 1. The maximum Gasteiger partial charge on any atom is 0.223 e. The lowest BCUT2D eigenvalue weighted by Gasteiger charge is -2.36. The van der Waals surface area contributed by atoms with E-state index in [0.717, 1.165) is 46.8 Å². The van der Waals surface area contributed by atoms with Gasteiger partial charge in [0, 0.05) is 56.4 Å². The summed E-state index contributed by atoms with van der Waals surface area (Å²) in [6.45, 7) is 4.91. The lowest BCUT2D eigenvalue weighted by atomic mass is 9.97. The molecule has 1 fully saturated rings. The van der Waals surface area contributed by atoms with E-state index in [1.165, 1.54) is 0 Å². The molecule has 4 heterocycles. The Kier molecular flexibility index (Phi) is 5.76. The summed E-state index contributed by atoms with van der Waals surface area (Å²) in [7, 11) is 1.90. The molecular formula is C24H26ClN7O. The minimum Gasteiger partial charge on any atom is -0.352 e. The molecule has 170 valence electrons.